The topological polar surface area (TPSA) is 50.4 Å². The van der Waals surface area contributed by atoms with E-state index in [1.807, 2.05) is 0 Å². The molecular formula is C11H19N3S. The number of guanidine groups is 1. The first-order chi connectivity index (χ1) is 6.87. The molecule has 0 aliphatic heterocycles. The fraction of sp³-hybridized carbons (Fsp3) is 0.545. The third-order valence-corrected chi connectivity index (χ3v) is 2.73. The molecule has 0 saturated carbocycles. The van der Waals surface area contributed by atoms with Crippen LogP contribution in [-0.4, -0.2) is 11.5 Å². The number of aliphatic imine (C=N–C) groups is 1. The highest BCUT2D eigenvalue weighted by Gasteiger charge is 2.09. The van der Waals surface area contributed by atoms with Gasteiger partial charge in [0.2, 0.25) is 0 Å². The summed E-state index contributed by atoms with van der Waals surface area (Å²) in [6.07, 6.45) is 0. The standard InChI is InChI=1S/C11H19N3S/c1-8-5-9(15-7-8)6-13-10(12)14-11(2,3)4/h5,7H,6H2,1-4H3,(H3,12,13,14). The number of hydrogen-bond acceptors (Lipinski definition) is 2. The molecule has 0 atom stereocenters. The SMILES string of the molecule is Cc1csc(CN=C(N)NC(C)(C)C)c1. The van der Waals surface area contributed by atoms with Crippen LogP contribution in [0.2, 0.25) is 0 Å². The van der Waals surface area contributed by atoms with Gasteiger partial charge in [-0.25, -0.2) is 4.99 Å². The molecule has 1 aromatic rings. The highest BCUT2D eigenvalue weighted by molar-refractivity contribution is 7.10. The lowest BCUT2D eigenvalue weighted by molar-refractivity contribution is 0.508. The number of aryl methyl sites for hydroxylation is 1. The lowest BCUT2D eigenvalue weighted by Gasteiger charge is -2.20. The minimum Gasteiger partial charge on any atom is -0.370 e. The van der Waals surface area contributed by atoms with Crippen LogP contribution in [0.15, 0.2) is 16.4 Å². The predicted octanol–water partition coefficient (Wildman–Crippen LogP) is 2.26. The van der Waals surface area contributed by atoms with Crippen LogP contribution in [0.3, 0.4) is 0 Å². The summed E-state index contributed by atoms with van der Waals surface area (Å²) in [5, 5.41) is 5.25. The number of nitrogens with two attached hydrogens (primary N) is 1. The Kier molecular flexibility index (Phi) is 3.74. The van der Waals surface area contributed by atoms with Gasteiger partial charge in [-0.3, -0.25) is 0 Å². The smallest absolute Gasteiger partial charge is 0.189 e. The van der Waals surface area contributed by atoms with Gasteiger partial charge in [0.05, 0.1) is 6.54 Å². The number of nitrogens with zero attached hydrogens (tertiary/aromatic N) is 1. The maximum absolute atomic E-state index is 5.76. The van der Waals surface area contributed by atoms with E-state index < -0.39 is 0 Å². The number of hydrogen-bond donors (Lipinski definition) is 2. The van der Waals surface area contributed by atoms with Crippen molar-refractivity contribution < 1.29 is 0 Å². The second-order valence-corrected chi connectivity index (χ2v) is 5.66. The van der Waals surface area contributed by atoms with Crippen molar-refractivity contribution in [3.8, 4) is 0 Å². The van der Waals surface area contributed by atoms with Crippen LogP contribution in [-0.2, 0) is 6.54 Å². The van der Waals surface area contributed by atoms with Crippen molar-refractivity contribution in [2.45, 2.75) is 39.8 Å². The molecule has 1 rings (SSSR count). The molecule has 0 saturated heterocycles. The van der Waals surface area contributed by atoms with Crippen molar-refractivity contribution in [1.82, 2.24) is 5.32 Å². The van der Waals surface area contributed by atoms with Gasteiger partial charge in [0.15, 0.2) is 5.96 Å². The van der Waals surface area contributed by atoms with Gasteiger partial charge in [0.25, 0.3) is 0 Å². The lowest BCUT2D eigenvalue weighted by Crippen LogP contribution is -2.44. The summed E-state index contributed by atoms with van der Waals surface area (Å²) in [6, 6.07) is 2.14. The predicted molar refractivity (Wildman–Crippen MR) is 67.3 cm³/mol. The zero-order valence-corrected chi connectivity index (χ0v) is 10.6. The molecule has 15 heavy (non-hydrogen) atoms. The molecule has 0 unspecified atom stereocenters. The van der Waals surface area contributed by atoms with Crippen molar-refractivity contribution in [2.75, 3.05) is 0 Å². The van der Waals surface area contributed by atoms with Gasteiger partial charge in [-0.05, 0) is 44.7 Å². The third kappa shape index (κ3) is 4.83. The maximum Gasteiger partial charge on any atom is 0.189 e. The van der Waals surface area contributed by atoms with E-state index in [4.69, 9.17) is 5.73 Å². The zero-order valence-electron chi connectivity index (χ0n) is 9.79. The van der Waals surface area contributed by atoms with E-state index in [1.54, 1.807) is 11.3 Å². The van der Waals surface area contributed by atoms with Gasteiger partial charge in [0.1, 0.15) is 0 Å². The Labute approximate surface area is 95.4 Å². The van der Waals surface area contributed by atoms with E-state index in [9.17, 15) is 0 Å². The summed E-state index contributed by atoms with van der Waals surface area (Å²) in [6.45, 7) is 8.92. The minimum absolute atomic E-state index is 0.0288. The molecule has 0 bridgehead atoms. The van der Waals surface area contributed by atoms with Gasteiger partial charge >= 0.3 is 0 Å². The van der Waals surface area contributed by atoms with Gasteiger partial charge in [-0.15, -0.1) is 11.3 Å². The van der Waals surface area contributed by atoms with Crippen LogP contribution < -0.4 is 11.1 Å². The van der Waals surface area contributed by atoms with Crippen LogP contribution in [0.25, 0.3) is 0 Å². The molecule has 1 aromatic heterocycles. The van der Waals surface area contributed by atoms with E-state index in [-0.39, 0.29) is 5.54 Å². The molecule has 0 radical (unpaired) electrons. The first kappa shape index (κ1) is 12.0. The Balaban J connectivity index is 2.51. The Morgan fingerprint density at radius 1 is 1.53 bits per heavy atom. The molecule has 0 aliphatic rings. The fourth-order valence-electron chi connectivity index (χ4n) is 1.16. The number of rotatable bonds is 2. The van der Waals surface area contributed by atoms with Crippen molar-refractivity contribution in [2.24, 2.45) is 10.7 Å². The maximum atomic E-state index is 5.76. The Bertz CT molecular complexity index is 347. The second-order valence-electron chi connectivity index (χ2n) is 4.67. The Morgan fingerprint density at radius 3 is 2.67 bits per heavy atom. The molecule has 3 N–H and O–H groups in total. The van der Waals surface area contributed by atoms with Crippen LogP contribution in [0.1, 0.15) is 31.2 Å². The first-order valence-corrected chi connectivity index (χ1v) is 5.87. The van der Waals surface area contributed by atoms with Crippen LogP contribution in [0.5, 0.6) is 0 Å². The molecular weight excluding hydrogens is 206 g/mol. The summed E-state index contributed by atoms with van der Waals surface area (Å²) in [5.74, 6) is 0.508. The van der Waals surface area contributed by atoms with E-state index in [2.05, 4.69) is 49.5 Å². The van der Waals surface area contributed by atoms with Crippen molar-refractivity contribution in [1.29, 1.82) is 0 Å². The third-order valence-electron chi connectivity index (χ3n) is 1.69. The normalized spacial score (nSPS) is 12.9. The molecule has 0 amide bonds. The highest BCUT2D eigenvalue weighted by Crippen LogP contribution is 2.14. The molecule has 0 spiro atoms. The quantitative estimate of drug-likeness (QED) is 0.599. The summed E-state index contributed by atoms with van der Waals surface area (Å²) < 4.78 is 0. The number of thiophene rings is 1. The fourth-order valence-corrected chi connectivity index (χ4v) is 1.96. The molecule has 0 aliphatic carbocycles. The monoisotopic (exact) mass is 225 g/mol. The largest absolute Gasteiger partial charge is 0.370 e. The minimum atomic E-state index is -0.0288. The summed E-state index contributed by atoms with van der Waals surface area (Å²) in [4.78, 5) is 5.53. The number of nitrogens with one attached hydrogen (secondary N) is 1. The van der Waals surface area contributed by atoms with Gasteiger partial charge in [0, 0.05) is 10.4 Å². The van der Waals surface area contributed by atoms with Gasteiger partial charge < -0.3 is 11.1 Å². The second kappa shape index (κ2) is 4.66. The van der Waals surface area contributed by atoms with Crippen molar-refractivity contribution in [3.05, 3.63) is 21.9 Å². The summed E-state index contributed by atoms with van der Waals surface area (Å²) in [7, 11) is 0. The molecule has 0 aromatic carbocycles. The zero-order chi connectivity index (χ0) is 11.5. The summed E-state index contributed by atoms with van der Waals surface area (Å²) >= 11 is 1.72. The van der Waals surface area contributed by atoms with Crippen LogP contribution in [0, 0.1) is 6.92 Å². The Hall–Kier alpha value is -1.03. The van der Waals surface area contributed by atoms with E-state index in [0.29, 0.717) is 12.5 Å². The van der Waals surface area contributed by atoms with Gasteiger partial charge in [-0.1, -0.05) is 0 Å². The summed E-state index contributed by atoms with van der Waals surface area (Å²) in [5.41, 5.74) is 7.01. The average Bonchev–Trinajstić information content (AvgIpc) is 2.45. The van der Waals surface area contributed by atoms with E-state index >= 15 is 0 Å². The molecule has 0 fully saturated rings. The van der Waals surface area contributed by atoms with Crippen LogP contribution in [0.4, 0.5) is 0 Å². The van der Waals surface area contributed by atoms with Gasteiger partial charge in [-0.2, -0.15) is 0 Å². The van der Waals surface area contributed by atoms with Crippen LogP contribution >= 0.6 is 11.3 Å². The molecule has 4 heteroatoms. The lowest BCUT2D eigenvalue weighted by atomic mass is 10.1. The first-order valence-electron chi connectivity index (χ1n) is 4.99. The molecule has 3 nitrogen and oxygen atoms in total. The molecule has 84 valence electrons. The van der Waals surface area contributed by atoms with E-state index in [0.717, 1.165) is 0 Å². The van der Waals surface area contributed by atoms with Crippen molar-refractivity contribution in [3.63, 3.8) is 0 Å². The molecule has 1 heterocycles. The van der Waals surface area contributed by atoms with Crippen molar-refractivity contribution >= 4 is 17.3 Å². The highest BCUT2D eigenvalue weighted by atomic mass is 32.1. The Morgan fingerprint density at radius 2 is 2.20 bits per heavy atom. The van der Waals surface area contributed by atoms with E-state index in [1.165, 1.54) is 10.4 Å². The average molecular weight is 225 g/mol.